The van der Waals surface area contributed by atoms with Gasteiger partial charge in [0.1, 0.15) is 5.75 Å². The molecule has 0 bridgehead atoms. The average Bonchev–Trinajstić information content (AvgIpc) is 2.07. The molecule has 1 aromatic carbocycles. The van der Waals surface area contributed by atoms with Gasteiger partial charge in [-0.15, -0.1) is 0 Å². The predicted molar refractivity (Wildman–Crippen MR) is 42.1 cm³/mol. The first-order valence-corrected chi connectivity index (χ1v) is 3.49. The molecule has 1 radical (unpaired) electrons. The van der Waals surface area contributed by atoms with E-state index in [0.29, 0.717) is 5.75 Å². The summed E-state index contributed by atoms with van der Waals surface area (Å²) in [7, 11) is 0. The number of carbonyl (C=O) groups excluding carboxylic acids is 1. The van der Waals surface area contributed by atoms with E-state index in [4.69, 9.17) is 0 Å². The fourth-order valence-electron chi connectivity index (χ4n) is 0.841. The Labute approximate surface area is 65.8 Å². The standard InChI is InChI=1S/C9H9O2/c1-2-8-3-5-9(6-4-8)11-7-10/h3-6H,2H2,1H3. The minimum atomic E-state index is 0.539. The lowest BCUT2D eigenvalue weighted by Gasteiger charge is -1.97. The molecule has 0 atom stereocenters. The molecule has 2 nitrogen and oxygen atoms in total. The Morgan fingerprint density at radius 2 is 2.00 bits per heavy atom. The maximum absolute atomic E-state index is 9.78. The molecular formula is C9H9O2. The van der Waals surface area contributed by atoms with Crippen LogP contribution in [0.2, 0.25) is 0 Å². The second kappa shape index (κ2) is 3.76. The van der Waals surface area contributed by atoms with Crippen LogP contribution in [-0.2, 0) is 11.2 Å². The Bertz CT molecular complexity index is 226. The molecule has 1 aromatic rings. The van der Waals surface area contributed by atoms with E-state index in [2.05, 4.69) is 11.7 Å². The fourth-order valence-corrected chi connectivity index (χ4v) is 0.841. The van der Waals surface area contributed by atoms with Crippen molar-refractivity contribution in [2.45, 2.75) is 13.3 Å². The van der Waals surface area contributed by atoms with Crippen molar-refractivity contribution in [2.24, 2.45) is 0 Å². The maximum Gasteiger partial charge on any atom is 0.423 e. The second-order valence-electron chi connectivity index (χ2n) is 2.18. The number of benzene rings is 1. The molecular weight excluding hydrogens is 140 g/mol. The van der Waals surface area contributed by atoms with Crippen LogP contribution in [0.3, 0.4) is 0 Å². The van der Waals surface area contributed by atoms with E-state index in [1.54, 1.807) is 12.1 Å². The molecule has 0 aromatic heterocycles. The molecule has 57 valence electrons. The van der Waals surface area contributed by atoms with E-state index in [0.717, 1.165) is 6.42 Å². The van der Waals surface area contributed by atoms with Gasteiger partial charge in [-0.3, -0.25) is 0 Å². The zero-order chi connectivity index (χ0) is 8.10. The highest BCUT2D eigenvalue weighted by molar-refractivity contribution is 5.46. The van der Waals surface area contributed by atoms with Gasteiger partial charge in [0.2, 0.25) is 0 Å². The summed E-state index contributed by atoms with van der Waals surface area (Å²) in [5, 5.41) is 0. The van der Waals surface area contributed by atoms with E-state index in [-0.39, 0.29) is 0 Å². The van der Waals surface area contributed by atoms with Crippen molar-refractivity contribution in [3.63, 3.8) is 0 Å². The van der Waals surface area contributed by atoms with Gasteiger partial charge >= 0.3 is 6.47 Å². The van der Waals surface area contributed by atoms with Crippen molar-refractivity contribution in [3.05, 3.63) is 29.8 Å². The van der Waals surface area contributed by atoms with Crippen LogP contribution in [0.15, 0.2) is 24.3 Å². The monoisotopic (exact) mass is 149 g/mol. The van der Waals surface area contributed by atoms with Gasteiger partial charge in [-0.2, -0.15) is 0 Å². The summed E-state index contributed by atoms with van der Waals surface area (Å²) in [6, 6.07) is 7.35. The average molecular weight is 149 g/mol. The zero-order valence-corrected chi connectivity index (χ0v) is 6.33. The summed E-state index contributed by atoms with van der Waals surface area (Å²) in [5.41, 5.74) is 1.23. The topological polar surface area (TPSA) is 26.3 Å². The minimum Gasteiger partial charge on any atom is -0.418 e. The lowest BCUT2D eigenvalue weighted by molar-refractivity contribution is 0.442. The molecule has 0 aliphatic heterocycles. The van der Waals surface area contributed by atoms with Gasteiger partial charge in [0.05, 0.1) is 0 Å². The van der Waals surface area contributed by atoms with Crippen LogP contribution in [0, 0.1) is 0 Å². The SMILES string of the molecule is CCc1ccc(O[C]=O)cc1. The molecule has 0 aliphatic rings. The lowest BCUT2D eigenvalue weighted by Crippen LogP contribution is -1.88. The van der Waals surface area contributed by atoms with Crippen molar-refractivity contribution in [2.75, 3.05) is 0 Å². The summed E-state index contributed by atoms with van der Waals surface area (Å²) in [5.74, 6) is 0.539. The Morgan fingerprint density at radius 3 is 2.45 bits per heavy atom. The minimum absolute atomic E-state index is 0.539. The lowest BCUT2D eigenvalue weighted by atomic mass is 10.2. The van der Waals surface area contributed by atoms with Crippen LogP contribution in [0.4, 0.5) is 0 Å². The van der Waals surface area contributed by atoms with Gasteiger partial charge in [-0.1, -0.05) is 19.1 Å². The van der Waals surface area contributed by atoms with E-state index in [1.807, 2.05) is 12.1 Å². The van der Waals surface area contributed by atoms with E-state index in [1.165, 1.54) is 12.0 Å². The summed E-state index contributed by atoms with van der Waals surface area (Å²) < 4.78 is 4.50. The third-order valence-electron chi connectivity index (χ3n) is 1.49. The van der Waals surface area contributed by atoms with Crippen molar-refractivity contribution in [1.82, 2.24) is 0 Å². The Morgan fingerprint density at radius 1 is 1.36 bits per heavy atom. The number of ether oxygens (including phenoxy) is 1. The summed E-state index contributed by atoms with van der Waals surface area (Å²) in [4.78, 5) is 9.78. The molecule has 0 aliphatic carbocycles. The van der Waals surface area contributed by atoms with Crippen molar-refractivity contribution >= 4 is 6.47 Å². The van der Waals surface area contributed by atoms with Gasteiger partial charge in [0.15, 0.2) is 0 Å². The maximum atomic E-state index is 9.78. The third kappa shape index (κ3) is 2.08. The van der Waals surface area contributed by atoms with Crippen LogP contribution in [0.25, 0.3) is 0 Å². The Hall–Kier alpha value is -1.31. The molecule has 2 heteroatoms. The van der Waals surface area contributed by atoms with Crippen LogP contribution in [-0.4, -0.2) is 6.47 Å². The van der Waals surface area contributed by atoms with Gasteiger partial charge in [-0.05, 0) is 24.1 Å². The highest BCUT2D eigenvalue weighted by Gasteiger charge is 1.91. The molecule has 0 heterocycles. The Kier molecular flexibility index (Phi) is 2.66. The molecule has 0 saturated heterocycles. The van der Waals surface area contributed by atoms with Gasteiger partial charge in [0.25, 0.3) is 0 Å². The predicted octanol–water partition coefficient (Wildman–Crippen LogP) is 1.70. The first kappa shape index (κ1) is 7.79. The first-order valence-electron chi connectivity index (χ1n) is 3.49. The van der Waals surface area contributed by atoms with Gasteiger partial charge in [-0.25, -0.2) is 4.79 Å². The van der Waals surface area contributed by atoms with E-state index < -0.39 is 0 Å². The van der Waals surface area contributed by atoms with Crippen molar-refractivity contribution in [3.8, 4) is 5.75 Å². The molecule has 0 unspecified atom stereocenters. The smallest absolute Gasteiger partial charge is 0.418 e. The third-order valence-corrected chi connectivity index (χ3v) is 1.49. The largest absolute Gasteiger partial charge is 0.423 e. The quantitative estimate of drug-likeness (QED) is 0.653. The van der Waals surface area contributed by atoms with Crippen molar-refractivity contribution < 1.29 is 9.53 Å². The molecule has 1 rings (SSSR count). The normalized spacial score (nSPS) is 9.18. The van der Waals surface area contributed by atoms with Crippen LogP contribution < -0.4 is 4.74 Å². The van der Waals surface area contributed by atoms with E-state index >= 15 is 0 Å². The molecule has 0 fully saturated rings. The van der Waals surface area contributed by atoms with Crippen LogP contribution in [0.5, 0.6) is 5.75 Å². The number of hydrogen-bond donors (Lipinski definition) is 0. The Balaban J connectivity index is 2.74. The summed E-state index contributed by atoms with van der Waals surface area (Å²) in [6.45, 7) is 3.44. The van der Waals surface area contributed by atoms with Crippen LogP contribution >= 0.6 is 0 Å². The second-order valence-corrected chi connectivity index (χ2v) is 2.18. The summed E-state index contributed by atoms with van der Waals surface area (Å²) in [6.07, 6.45) is 0.991. The van der Waals surface area contributed by atoms with Gasteiger partial charge < -0.3 is 4.74 Å². The summed E-state index contributed by atoms with van der Waals surface area (Å²) >= 11 is 0. The van der Waals surface area contributed by atoms with E-state index in [9.17, 15) is 4.79 Å². The molecule has 0 N–H and O–H groups in total. The fraction of sp³-hybridized carbons (Fsp3) is 0.222. The van der Waals surface area contributed by atoms with Crippen LogP contribution in [0.1, 0.15) is 12.5 Å². The number of hydrogen-bond acceptors (Lipinski definition) is 2. The van der Waals surface area contributed by atoms with Gasteiger partial charge in [0, 0.05) is 0 Å². The molecule has 0 spiro atoms. The highest BCUT2D eigenvalue weighted by atomic mass is 16.5. The first-order chi connectivity index (χ1) is 5.36. The number of aryl methyl sites for hydroxylation is 1. The number of rotatable bonds is 3. The molecule has 11 heavy (non-hydrogen) atoms. The van der Waals surface area contributed by atoms with Crippen molar-refractivity contribution in [1.29, 1.82) is 0 Å². The molecule has 0 saturated carbocycles. The highest BCUT2D eigenvalue weighted by Crippen LogP contribution is 2.11. The zero-order valence-electron chi connectivity index (χ0n) is 6.33. The molecule has 0 amide bonds.